The summed E-state index contributed by atoms with van der Waals surface area (Å²) < 4.78 is 5.16. The van der Waals surface area contributed by atoms with E-state index < -0.39 is 5.97 Å². The lowest BCUT2D eigenvalue weighted by Crippen LogP contribution is -2.32. The van der Waals surface area contributed by atoms with E-state index in [2.05, 4.69) is 10.4 Å². The number of nitrogens with zero attached hydrogens (tertiary/aromatic N) is 2. The average Bonchev–Trinajstić information content (AvgIpc) is 3.59. The number of carbonyl (C=O) groups is 3. The van der Waals surface area contributed by atoms with Crippen LogP contribution in [0.5, 0.6) is 0 Å². The highest BCUT2D eigenvalue weighted by molar-refractivity contribution is 7.12. The van der Waals surface area contributed by atoms with Crippen LogP contribution < -0.4 is 5.32 Å². The third-order valence-corrected chi connectivity index (χ3v) is 6.95. The largest absolute Gasteiger partial charge is 0.455 e. The molecule has 0 saturated carbocycles. The van der Waals surface area contributed by atoms with Crippen LogP contribution in [-0.4, -0.2) is 41.7 Å². The molecule has 170 valence electrons. The zero-order valence-corrected chi connectivity index (χ0v) is 19.4. The first-order chi connectivity index (χ1) is 16.1. The van der Waals surface area contributed by atoms with Crippen LogP contribution in [-0.2, 0) is 25.5 Å². The molecule has 3 aromatic rings. The number of hydrogen-bond donors (Lipinski definition) is 1. The number of hydrazone groups is 1. The molecule has 1 aliphatic rings. The van der Waals surface area contributed by atoms with E-state index >= 15 is 0 Å². The molecule has 1 unspecified atom stereocenters. The van der Waals surface area contributed by atoms with Crippen molar-refractivity contribution in [1.29, 1.82) is 0 Å². The van der Waals surface area contributed by atoms with E-state index in [1.54, 1.807) is 22.7 Å². The van der Waals surface area contributed by atoms with Gasteiger partial charge in [-0.05, 0) is 28.5 Å². The summed E-state index contributed by atoms with van der Waals surface area (Å²) in [6, 6.07) is 17.0. The van der Waals surface area contributed by atoms with E-state index in [1.807, 2.05) is 65.4 Å². The third-order valence-electron chi connectivity index (χ3n) is 5.06. The molecule has 1 atom stereocenters. The van der Waals surface area contributed by atoms with E-state index in [4.69, 9.17) is 4.74 Å². The Kier molecular flexibility index (Phi) is 7.64. The van der Waals surface area contributed by atoms with Crippen LogP contribution in [0, 0.1) is 0 Å². The fraction of sp³-hybridized carbons (Fsp3) is 0.250. The van der Waals surface area contributed by atoms with Gasteiger partial charge in [0, 0.05) is 17.8 Å². The molecule has 0 fully saturated rings. The van der Waals surface area contributed by atoms with Gasteiger partial charge in [0.25, 0.3) is 5.91 Å². The number of hydrogen-bond acceptors (Lipinski definition) is 7. The Balaban J connectivity index is 1.26. The Hall–Kier alpha value is -3.30. The molecule has 1 aromatic carbocycles. The summed E-state index contributed by atoms with van der Waals surface area (Å²) in [5.74, 6) is -1.09. The fourth-order valence-corrected chi connectivity index (χ4v) is 5.00. The Morgan fingerprint density at radius 2 is 1.82 bits per heavy atom. The Morgan fingerprint density at radius 3 is 2.55 bits per heavy atom. The van der Waals surface area contributed by atoms with Gasteiger partial charge in [-0.2, -0.15) is 5.10 Å². The summed E-state index contributed by atoms with van der Waals surface area (Å²) in [6.45, 7) is -0.235. The van der Waals surface area contributed by atoms with E-state index in [0.717, 1.165) is 21.0 Å². The summed E-state index contributed by atoms with van der Waals surface area (Å²) in [5.41, 5.74) is 1.75. The first kappa shape index (κ1) is 22.9. The molecule has 0 radical (unpaired) electrons. The van der Waals surface area contributed by atoms with Crippen LogP contribution >= 0.6 is 22.7 Å². The number of nitrogens with one attached hydrogen (secondary N) is 1. The van der Waals surface area contributed by atoms with E-state index in [-0.39, 0.29) is 43.8 Å². The van der Waals surface area contributed by atoms with Crippen molar-refractivity contribution in [3.05, 3.63) is 80.7 Å². The van der Waals surface area contributed by atoms with Crippen LogP contribution in [0.3, 0.4) is 0 Å². The molecule has 0 aliphatic carbocycles. The highest BCUT2D eigenvalue weighted by Gasteiger charge is 2.34. The molecular weight excluding hydrogens is 458 g/mol. The van der Waals surface area contributed by atoms with Gasteiger partial charge in [0.1, 0.15) is 0 Å². The summed E-state index contributed by atoms with van der Waals surface area (Å²) in [7, 11) is 0. The smallest absolute Gasteiger partial charge is 0.308 e. The minimum atomic E-state index is -0.544. The van der Waals surface area contributed by atoms with Gasteiger partial charge in [0.2, 0.25) is 5.91 Å². The van der Waals surface area contributed by atoms with Crippen molar-refractivity contribution in [3.63, 3.8) is 0 Å². The van der Waals surface area contributed by atoms with Gasteiger partial charge in [-0.15, -0.1) is 22.7 Å². The van der Waals surface area contributed by atoms with Crippen molar-refractivity contribution in [2.24, 2.45) is 5.10 Å². The second-order valence-electron chi connectivity index (χ2n) is 7.42. The van der Waals surface area contributed by atoms with E-state index in [9.17, 15) is 14.4 Å². The number of benzene rings is 1. The summed E-state index contributed by atoms with van der Waals surface area (Å²) >= 11 is 3.15. The molecule has 0 bridgehead atoms. The minimum absolute atomic E-state index is 0.00806. The van der Waals surface area contributed by atoms with E-state index in [0.29, 0.717) is 6.42 Å². The molecule has 0 saturated heterocycles. The number of esters is 1. The van der Waals surface area contributed by atoms with Crippen molar-refractivity contribution < 1.29 is 19.1 Å². The SMILES string of the molecule is O=C(Cc1ccccc1)NCCC(=O)OCC(=O)N1N=C(c2cccs2)CC1c1cccs1. The lowest BCUT2D eigenvalue weighted by molar-refractivity contribution is -0.152. The first-order valence-electron chi connectivity index (χ1n) is 10.5. The second-order valence-corrected chi connectivity index (χ2v) is 9.35. The summed E-state index contributed by atoms with van der Waals surface area (Å²) in [4.78, 5) is 39.0. The van der Waals surface area contributed by atoms with Crippen LogP contribution in [0.15, 0.2) is 70.5 Å². The molecule has 3 heterocycles. The van der Waals surface area contributed by atoms with Gasteiger partial charge in [-0.25, -0.2) is 5.01 Å². The minimum Gasteiger partial charge on any atom is -0.455 e. The number of ether oxygens (including phenoxy) is 1. The van der Waals surface area contributed by atoms with Gasteiger partial charge in [-0.1, -0.05) is 42.5 Å². The molecule has 2 amide bonds. The van der Waals surface area contributed by atoms with Gasteiger partial charge < -0.3 is 10.1 Å². The molecule has 1 N–H and O–H groups in total. The van der Waals surface area contributed by atoms with Crippen LogP contribution in [0.25, 0.3) is 0 Å². The molecular formula is C24H23N3O4S2. The molecule has 4 rings (SSSR count). The molecule has 0 spiro atoms. The van der Waals surface area contributed by atoms with Crippen molar-refractivity contribution in [2.75, 3.05) is 13.2 Å². The van der Waals surface area contributed by atoms with Crippen molar-refractivity contribution in [3.8, 4) is 0 Å². The normalized spacial score (nSPS) is 15.2. The third kappa shape index (κ3) is 6.15. The Morgan fingerprint density at radius 1 is 1.03 bits per heavy atom. The number of carbonyl (C=O) groups excluding carboxylic acids is 3. The fourth-order valence-electron chi connectivity index (χ4n) is 3.46. The molecule has 9 heteroatoms. The highest BCUT2D eigenvalue weighted by Crippen LogP contribution is 2.35. The lowest BCUT2D eigenvalue weighted by Gasteiger charge is -2.20. The lowest BCUT2D eigenvalue weighted by atomic mass is 10.1. The highest BCUT2D eigenvalue weighted by atomic mass is 32.1. The molecule has 1 aliphatic heterocycles. The Bertz CT molecular complexity index is 1110. The maximum Gasteiger partial charge on any atom is 0.308 e. The molecule has 7 nitrogen and oxygen atoms in total. The maximum absolute atomic E-state index is 12.8. The van der Waals surface area contributed by atoms with Gasteiger partial charge in [-0.3, -0.25) is 14.4 Å². The number of amides is 2. The van der Waals surface area contributed by atoms with Crippen molar-refractivity contribution in [1.82, 2.24) is 10.3 Å². The number of rotatable bonds is 9. The van der Waals surface area contributed by atoms with Crippen molar-refractivity contribution in [2.45, 2.75) is 25.3 Å². The monoisotopic (exact) mass is 481 g/mol. The van der Waals surface area contributed by atoms with Crippen molar-refractivity contribution >= 4 is 46.2 Å². The summed E-state index contributed by atoms with van der Waals surface area (Å²) in [5, 5.41) is 12.6. The maximum atomic E-state index is 12.8. The van der Waals surface area contributed by atoms with E-state index in [1.165, 1.54) is 5.01 Å². The van der Waals surface area contributed by atoms with Crippen LogP contribution in [0.2, 0.25) is 0 Å². The number of thiophene rings is 2. The zero-order valence-electron chi connectivity index (χ0n) is 17.8. The topological polar surface area (TPSA) is 88.1 Å². The Labute approximate surface area is 199 Å². The predicted molar refractivity (Wildman–Crippen MR) is 128 cm³/mol. The predicted octanol–water partition coefficient (Wildman–Crippen LogP) is 3.78. The average molecular weight is 482 g/mol. The molecule has 2 aromatic heterocycles. The standard InChI is InChI=1S/C24H23N3O4S2/c28-22(14-17-6-2-1-3-7-17)25-11-10-24(30)31-16-23(29)27-19(21-9-5-13-33-21)15-18(26-27)20-8-4-12-32-20/h1-9,12-13,19H,10-11,14-16H2,(H,25,28). The second kappa shape index (κ2) is 11.0. The first-order valence-corrected chi connectivity index (χ1v) is 12.3. The van der Waals surface area contributed by atoms with Gasteiger partial charge in [0.15, 0.2) is 6.61 Å². The van der Waals surface area contributed by atoms with Gasteiger partial charge in [0.05, 0.1) is 29.5 Å². The van der Waals surface area contributed by atoms with Gasteiger partial charge >= 0.3 is 5.97 Å². The summed E-state index contributed by atoms with van der Waals surface area (Å²) in [6.07, 6.45) is 0.859. The molecule has 33 heavy (non-hydrogen) atoms. The van der Waals surface area contributed by atoms with Crippen LogP contribution in [0.1, 0.15) is 34.2 Å². The quantitative estimate of drug-likeness (QED) is 0.471. The zero-order chi connectivity index (χ0) is 23.0. The van der Waals surface area contributed by atoms with Crippen LogP contribution in [0.4, 0.5) is 0 Å².